The Kier molecular flexibility index (Phi) is 3.24. The summed E-state index contributed by atoms with van der Waals surface area (Å²) >= 11 is 0. The van der Waals surface area contributed by atoms with E-state index in [2.05, 4.69) is 6.92 Å². The van der Waals surface area contributed by atoms with Crippen molar-refractivity contribution < 1.29 is 8.78 Å². The Labute approximate surface area is 94.7 Å². The summed E-state index contributed by atoms with van der Waals surface area (Å²) in [7, 11) is 0. The first-order chi connectivity index (χ1) is 7.58. The number of rotatable bonds is 1. The Balaban J connectivity index is 2.30. The normalized spacial score (nSPS) is 30.4. The molecule has 0 saturated heterocycles. The molecule has 0 bridgehead atoms. The van der Waals surface area contributed by atoms with Gasteiger partial charge >= 0.3 is 0 Å². The third-order valence-electron chi connectivity index (χ3n) is 3.52. The van der Waals surface area contributed by atoms with Crippen LogP contribution in [0.1, 0.15) is 37.7 Å². The van der Waals surface area contributed by atoms with Crippen molar-refractivity contribution in [3.8, 4) is 0 Å². The van der Waals surface area contributed by atoms with Gasteiger partial charge in [0.05, 0.1) is 0 Å². The van der Waals surface area contributed by atoms with E-state index in [0.717, 1.165) is 25.3 Å². The topological polar surface area (TPSA) is 26.0 Å². The molecule has 2 rings (SSSR count). The van der Waals surface area contributed by atoms with Crippen molar-refractivity contribution >= 4 is 0 Å². The molecule has 0 heterocycles. The van der Waals surface area contributed by atoms with Crippen LogP contribution < -0.4 is 5.73 Å². The lowest BCUT2D eigenvalue weighted by Crippen LogP contribution is -2.34. The maximum absolute atomic E-state index is 13.6. The van der Waals surface area contributed by atoms with Gasteiger partial charge in [0.25, 0.3) is 0 Å². The Hall–Kier alpha value is -0.960. The second-order valence-corrected chi connectivity index (χ2v) is 4.85. The predicted molar refractivity (Wildman–Crippen MR) is 60.1 cm³/mol. The SMILES string of the molecule is CC1CCC(N)C(c2cc(F)ccc2F)C1. The first kappa shape index (κ1) is 11.5. The van der Waals surface area contributed by atoms with Crippen molar-refractivity contribution in [3.05, 3.63) is 35.4 Å². The average molecular weight is 225 g/mol. The van der Waals surface area contributed by atoms with Crippen molar-refractivity contribution in [3.63, 3.8) is 0 Å². The minimum absolute atomic E-state index is 0.0422. The standard InChI is InChI=1S/C13H17F2N/c1-8-2-5-13(16)11(6-8)10-7-9(14)3-4-12(10)15/h3-4,7-8,11,13H,2,5-6,16H2,1H3. The molecular formula is C13H17F2N. The second kappa shape index (κ2) is 4.50. The van der Waals surface area contributed by atoms with Gasteiger partial charge in [0, 0.05) is 12.0 Å². The summed E-state index contributed by atoms with van der Waals surface area (Å²) in [6, 6.07) is 3.58. The van der Waals surface area contributed by atoms with Gasteiger partial charge in [0.1, 0.15) is 11.6 Å². The van der Waals surface area contributed by atoms with Crippen molar-refractivity contribution in [2.75, 3.05) is 0 Å². The van der Waals surface area contributed by atoms with Crippen molar-refractivity contribution in [1.82, 2.24) is 0 Å². The second-order valence-electron chi connectivity index (χ2n) is 4.85. The molecule has 0 amide bonds. The lowest BCUT2D eigenvalue weighted by Gasteiger charge is -2.33. The molecule has 3 unspecified atom stereocenters. The highest BCUT2D eigenvalue weighted by atomic mass is 19.1. The molecule has 1 aliphatic rings. The van der Waals surface area contributed by atoms with Gasteiger partial charge in [0.15, 0.2) is 0 Å². The maximum atomic E-state index is 13.6. The van der Waals surface area contributed by atoms with Crippen LogP contribution >= 0.6 is 0 Å². The molecule has 1 fully saturated rings. The number of hydrogen-bond acceptors (Lipinski definition) is 1. The van der Waals surface area contributed by atoms with Gasteiger partial charge in [-0.3, -0.25) is 0 Å². The third kappa shape index (κ3) is 2.24. The zero-order chi connectivity index (χ0) is 11.7. The molecule has 0 radical (unpaired) electrons. The van der Waals surface area contributed by atoms with Gasteiger partial charge in [-0.05, 0) is 48.9 Å². The fraction of sp³-hybridized carbons (Fsp3) is 0.538. The minimum Gasteiger partial charge on any atom is -0.327 e. The van der Waals surface area contributed by atoms with Gasteiger partial charge in [-0.15, -0.1) is 0 Å². The van der Waals surface area contributed by atoms with Crippen molar-refractivity contribution in [2.24, 2.45) is 11.7 Å². The molecule has 3 atom stereocenters. The van der Waals surface area contributed by atoms with Crippen molar-refractivity contribution in [2.45, 2.75) is 38.1 Å². The lowest BCUT2D eigenvalue weighted by molar-refractivity contribution is 0.300. The highest BCUT2D eigenvalue weighted by Crippen LogP contribution is 2.36. The molecule has 1 aromatic carbocycles. The van der Waals surface area contributed by atoms with Gasteiger partial charge in [-0.1, -0.05) is 6.92 Å². The molecule has 1 aromatic rings. The van der Waals surface area contributed by atoms with Crippen LogP contribution in [0.4, 0.5) is 8.78 Å². The molecule has 3 heteroatoms. The molecule has 1 aliphatic carbocycles. The van der Waals surface area contributed by atoms with E-state index in [1.807, 2.05) is 0 Å². The summed E-state index contributed by atoms with van der Waals surface area (Å²) in [4.78, 5) is 0. The predicted octanol–water partition coefficient (Wildman–Crippen LogP) is 3.20. The smallest absolute Gasteiger partial charge is 0.126 e. The van der Waals surface area contributed by atoms with Gasteiger partial charge in [0.2, 0.25) is 0 Å². The highest BCUT2D eigenvalue weighted by molar-refractivity contribution is 5.25. The molecule has 1 nitrogen and oxygen atoms in total. The minimum atomic E-state index is -0.387. The van der Waals surface area contributed by atoms with Crippen LogP contribution in [0.5, 0.6) is 0 Å². The number of benzene rings is 1. The number of hydrogen-bond donors (Lipinski definition) is 1. The first-order valence-electron chi connectivity index (χ1n) is 5.78. The largest absolute Gasteiger partial charge is 0.327 e. The summed E-state index contributed by atoms with van der Waals surface area (Å²) in [5.41, 5.74) is 6.45. The van der Waals surface area contributed by atoms with Crippen LogP contribution in [0, 0.1) is 17.6 Å². The number of nitrogens with two attached hydrogens (primary N) is 1. The molecule has 88 valence electrons. The van der Waals surface area contributed by atoms with E-state index >= 15 is 0 Å². The fourth-order valence-electron chi connectivity index (χ4n) is 2.56. The lowest BCUT2D eigenvalue weighted by atomic mass is 9.75. The van der Waals surface area contributed by atoms with E-state index in [0.29, 0.717) is 11.5 Å². The zero-order valence-electron chi connectivity index (χ0n) is 9.42. The molecule has 0 aromatic heterocycles. The average Bonchev–Trinajstić information content (AvgIpc) is 2.25. The van der Waals surface area contributed by atoms with Crippen LogP contribution in [0.3, 0.4) is 0 Å². The zero-order valence-corrected chi connectivity index (χ0v) is 9.42. The van der Waals surface area contributed by atoms with E-state index in [1.165, 1.54) is 12.1 Å². The van der Waals surface area contributed by atoms with E-state index in [-0.39, 0.29) is 23.6 Å². The van der Waals surface area contributed by atoms with Crippen LogP contribution in [-0.4, -0.2) is 6.04 Å². The monoisotopic (exact) mass is 225 g/mol. The third-order valence-corrected chi connectivity index (χ3v) is 3.52. The summed E-state index contributed by atoms with van der Waals surface area (Å²) in [6.45, 7) is 2.14. The first-order valence-corrected chi connectivity index (χ1v) is 5.78. The fourth-order valence-corrected chi connectivity index (χ4v) is 2.56. The Morgan fingerprint density at radius 3 is 2.75 bits per heavy atom. The Morgan fingerprint density at radius 2 is 2.00 bits per heavy atom. The molecule has 2 N–H and O–H groups in total. The van der Waals surface area contributed by atoms with Gasteiger partial charge in [-0.25, -0.2) is 8.78 Å². The van der Waals surface area contributed by atoms with E-state index in [4.69, 9.17) is 5.73 Å². The van der Waals surface area contributed by atoms with E-state index in [9.17, 15) is 8.78 Å². The van der Waals surface area contributed by atoms with E-state index in [1.54, 1.807) is 0 Å². The van der Waals surface area contributed by atoms with Crippen LogP contribution in [0.25, 0.3) is 0 Å². The molecule has 0 spiro atoms. The van der Waals surface area contributed by atoms with Crippen molar-refractivity contribution in [1.29, 1.82) is 0 Å². The molecular weight excluding hydrogens is 208 g/mol. The summed E-state index contributed by atoms with van der Waals surface area (Å²) in [5, 5.41) is 0. The van der Waals surface area contributed by atoms with E-state index < -0.39 is 0 Å². The quantitative estimate of drug-likeness (QED) is 0.780. The Bertz CT molecular complexity index is 378. The molecule has 1 saturated carbocycles. The van der Waals surface area contributed by atoms with Crippen LogP contribution in [0.2, 0.25) is 0 Å². The van der Waals surface area contributed by atoms with Gasteiger partial charge in [-0.2, -0.15) is 0 Å². The molecule has 0 aliphatic heterocycles. The summed E-state index contributed by atoms with van der Waals surface area (Å²) in [6.07, 6.45) is 2.82. The van der Waals surface area contributed by atoms with Crippen LogP contribution in [-0.2, 0) is 0 Å². The summed E-state index contributed by atoms with van der Waals surface area (Å²) < 4.78 is 26.8. The Morgan fingerprint density at radius 1 is 1.25 bits per heavy atom. The van der Waals surface area contributed by atoms with Crippen LogP contribution in [0.15, 0.2) is 18.2 Å². The number of halogens is 2. The highest BCUT2D eigenvalue weighted by Gasteiger charge is 2.29. The molecule has 16 heavy (non-hydrogen) atoms. The maximum Gasteiger partial charge on any atom is 0.126 e. The van der Waals surface area contributed by atoms with Gasteiger partial charge < -0.3 is 5.73 Å². The summed E-state index contributed by atoms with van der Waals surface area (Å²) in [5.74, 6) is -0.232.